The van der Waals surface area contributed by atoms with E-state index >= 15 is 0 Å². The van der Waals surface area contributed by atoms with Gasteiger partial charge in [0.25, 0.3) is 5.91 Å². The summed E-state index contributed by atoms with van der Waals surface area (Å²) in [4.78, 5) is 27.2. The molecule has 0 aliphatic rings. The SMILES string of the molecule is COc1ccc(C(=O)Nc2nc(-c3cccc(Br)c3)cs2)cc1[N+](=O)[O-]. The van der Waals surface area contributed by atoms with E-state index < -0.39 is 10.8 Å². The predicted molar refractivity (Wildman–Crippen MR) is 103 cm³/mol. The molecule has 2 aromatic carbocycles. The van der Waals surface area contributed by atoms with E-state index in [1.54, 1.807) is 0 Å². The van der Waals surface area contributed by atoms with E-state index in [9.17, 15) is 14.9 Å². The minimum Gasteiger partial charge on any atom is -0.490 e. The number of thiazole rings is 1. The van der Waals surface area contributed by atoms with Crippen LogP contribution in [0.2, 0.25) is 0 Å². The number of nitro groups is 1. The number of benzene rings is 2. The van der Waals surface area contributed by atoms with Crippen LogP contribution in [0.1, 0.15) is 10.4 Å². The van der Waals surface area contributed by atoms with Crippen LogP contribution >= 0.6 is 27.3 Å². The van der Waals surface area contributed by atoms with Gasteiger partial charge in [-0.15, -0.1) is 11.3 Å². The number of carbonyl (C=O) groups excluding carboxylic acids is 1. The molecule has 0 spiro atoms. The molecule has 0 aliphatic carbocycles. The first-order chi connectivity index (χ1) is 12.5. The molecule has 0 atom stereocenters. The number of halogens is 1. The molecule has 0 saturated heterocycles. The van der Waals surface area contributed by atoms with Gasteiger partial charge in [0.2, 0.25) is 0 Å². The third-order valence-corrected chi connectivity index (χ3v) is 4.73. The highest BCUT2D eigenvalue weighted by atomic mass is 79.9. The molecule has 26 heavy (non-hydrogen) atoms. The van der Waals surface area contributed by atoms with Crippen LogP contribution in [0.25, 0.3) is 11.3 Å². The molecule has 0 fully saturated rings. The van der Waals surface area contributed by atoms with E-state index in [4.69, 9.17) is 4.74 Å². The Morgan fingerprint density at radius 1 is 1.31 bits per heavy atom. The van der Waals surface area contributed by atoms with Crippen LogP contribution in [0.5, 0.6) is 5.75 Å². The van der Waals surface area contributed by atoms with Crippen LogP contribution < -0.4 is 10.1 Å². The Morgan fingerprint density at radius 2 is 2.12 bits per heavy atom. The lowest BCUT2D eigenvalue weighted by molar-refractivity contribution is -0.385. The molecule has 3 rings (SSSR count). The van der Waals surface area contributed by atoms with Crippen molar-refractivity contribution in [1.29, 1.82) is 0 Å². The standard InChI is InChI=1S/C17H12BrN3O4S/c1-25-15-6-5-11(8-14(15)21(23)24)16(22)20-17-19-13(9-26-17)10-3-2-4-12(18)7-10/h2-9H,1H3,(H,19,20,22). The van der Waals surface area contributed by atoms with Crippen molar-refractivity contribution in [2.75, 3.05) is 12.4 Å². The predicted octanol–water partition coefficient (Wildman–Crippen LogP) is 4.74. The van der Waals surface area contributed by atoms with E-state index in [1.807, 2.05) is 29.6 Å². The van der Waals surface area contributed by atoms with Crippen LogP contribution in [0.4, 0.5) is 10.8 Å². The normalized spacial score (nSPS) is 10.4. The molecule has 1 aromatic heterocycles. The summed E-state index contributed by atoms with van der Waals surface area (Å²) in [6.07, 6.45) is 0. The van der Waals surface area contributed by atoms with Gasteiger partial charge in [-0.25, -0.2) is 4.98 Å². The number of nitrogens with zero attached hydrogens (tertiary/aromatic N) is 2. The highest BCUT2D eigenvalue weighted by molar-refractivity contribution is 9.10. The number of nitrogens with one attached hydrogen (secondary N) is 1. The van der Waals surface area contributed by atoms with Crippen molar-refractivity contribution in [3.63, 3.8) is 0 Å². The molecule has 1 N–H and O–H groups in total. The Labute approximate surface area is 160 Å². The Morgan fingerprint density at radius 3 is 2.81 bits per heavy atom. The second-order valence-corrected chi connectivity index (χ2v) is 6.92. The molecule has 0 saturated carbocycles. The van der Waals surface area contributed by atoms with Crippen molar-refractivity contribution in [3.05, 3.63) is 68.0 Å². The second-order valence-electron chi connectivity index (χ2n) is 5.15. The van der Waals surface area contributed by atoms with E-state index in [0.717, 1.165) is 15.7 Å². The summed E-state index contributed by atoms with van der Waals surface area (Å²) in [5.74, 6) is -0.386. The number of nitro benzene ring substituents is 1. The Kier molecular flexibility index (Phi) is 5.29. The quantitative estimate of drug-likeness (QED) is 0.462. The molecule has 132 valence electrons. The number of amides is 1. The summed E-state index contributed by atoms with van der Waals surface area (Å²) in [5, 5.41) is 16.0. The van der Waals surface area contributed by atoms with Crippen LogP contribution in [-0.2, 0) is 0 Å². The van der Waals surface area contributed by atoms with Crippen molar-refractivity contribution >= 4 is 44.0 Å². The first kappa shape index (κ1) is 18.0. The van der Waals surface area contributed by atoms with Gasteiger partial charge < -0.3 is 4.74 Å². The summed E-state index contributed by atoms with van der Waals surface area (Å²) in [6, 6.07) is 11.7. The van der Waals surface area contributed by atoms with E-state index in [2.05, 4.69) is 26.2 Å². The van der Waals surface area contributed by atoms with E-state index in [0.29, 0.717) is 5.13 Å². The molecule has 3 aromatic rings. The summed E-state index contributed by atoms with van der Waals surface area (Å²) >= 11 is 4.68. The van der Waals surface area contributed by atoms with Gasteiger partial charge in [0.15, 0.2) is 10.9 Å². The van der Waals surface area contributed by atoms with Gasteiger partial charge in [0.05, 0.1) is 17.7 Å². The lowest BCUT2D eigenvalue weighted by atomic mass is 10.1. The molecule has 1 amide bonds. The fourth-order valence-corrected chi connectivity index (χ4v) is 3.37. The second kappa shape index (κ2) is 7.63. The van der Waals surface area contributed by atoms with Crippen LogP contribution in [0.15, 0.2) is 52.3 Å². The van der Waals surface area contributed by atoms with Crippen molar-refractivity contribution in [2.45, 2.75) is 0 Å². The van der Waals surface area contributed by atoms with Crippen molar-refractivity contribution in [2.24, 2.45) is 0 Å². The molecular weight excluding hydrogens is 422 g/mol. The van der Waals surface area contributed by atoms with E-state index in [1.165, 1.54) is 36.6 Å². The molecule has 7 nitrogen and oxygen atoms in total. The molecule has 0 radical (unpaired) electrons. The van der Waals surface area contributed by atoms with Crippen LogP contribution in [-0.4, -0.2) is 22.9 Å². The maximum absolute atomic E-state index is 12.4. The first-order valence-electron chi connectivity index (χ1n) is 7.33. The fraction of sp³-hybridized carbons (Fsp3) is 0.0588. The zero-order valence-electron chi connectivity index (χ0n) is 13.4. The Hall–Kier alpha value is -2.78. The zero-order chi connectivity index (χ0) is 18.7. The minimum absolute atomic E-state index is 0.0951. The largest absolute Gasteiger partial charge is 0.490 e. The highest BCUT2D eigenvalue weighted by Crippen LogP contribution is 2.29. The highest BCUT2D eigenvalue weighted by Gasteiger charge is 2.19. The van der Waals surface area contributed by atoms with Gasteiger partial charge in [0.1, 0.15) is 0 Å². The number of aromatic nitrogens is 1. The lowest BCUT2D eigenvalue weighted by Gasteiger charge is -2.05. The average molecular weight is 434 g/mol. The zero-order valence-corrected chi connectivity index (χ0v) is 15.8. The maximum Gasteiger partial charge on any atom is 0.311 e. The van der Waals surface area contributed by atoms with Crippen LogP contribution in [0, 0.1) is 10.1 Å². The average Bonchev–Trinajstić information content (AvgIpc) is 3.09. The first-order valence-corrected chi connectivity index (χ1v) is 9.00. The summed E-state index contributed by atoms with van der Waals surface area (Å²) in [5.41, 5.74) is 1.52. The number of hydrogen-bond acceptors (Lipinski definition) is 6. The lowest BCUT2D eigenvalue weighted by Crippen LogP contribution is -2.12. The Balaban J connectivity index is 1.81. The van der Waals surface area contributed by atoms with Crippen molar-refractivity contribution < 1.29 is 14.5 Å². The maximum atomic E-state index is 12.4. The van der Waals surface area contributed by atoms with Gasteiger partial charge in [0, 0.05) is 27.0 Å². The van der Waals surface area contributed by atoms with Gasteiger partial charge in [-0.2, -0.15) is 0 Å². The molecule has 0 bridgehead atoms. The summed E-state index contributed by atoms with van der Waals surface area (Å²) in [7, 11) is 1.33. The molecule has 1 heterocycles. The monoisotopic (exact) mass is 433 g/mol. The number of anilines is 1. The summed E-state index contributed by atoms with van der Waals surface area (Å²) < 4.78 is 5.86. The number of ether oxygens (including phenoxy) is 1. The van der Waals surface area contributed by atoms with Crippen LogP contribution in [0.3, 0.4) is 0 Å². The number of rotatable bonds is 5. The van der Waals surface area contributed by atoms with E-state index in [-0.39, 0.29) is 17.0 Å². The minimum atomic E-state index is -0.593. The third-order valence-electron chi connectivity index (χ3n) is 3.48. The molecular formula is C17H12BrN3O4S. The number of methoxy groups -OCH3 is 1. The van der Waals surface area contributed by atoms with Gasteiger partial charge in [-0.05, 0) is 24.3 Å². The fourth-order valence-electron chi connectivity index (χ4n) is 2.25. The number of carbonyl (C=O) groups is 1. The van der Waals surface area contributed by atoms with Gasteiger partial charge >= 0.3 is 5.69 Å². The Bertz CT molecular complexity index is 990. The summed E-state index contributed by atoms with van der Waals surface area (Å²) in [6.45, 7) is 0. The van der Waals surface area contributed by atoms with Crippen molar-refractivity contribution in [3.8, 4) is 17.0 Å². The smallest absolute Gasteiger partial charge is 0.311 e. The topological polar surface area (TPSA) is 94.4 Å². The number of hydrogen-bond donors (Lipinski definition) is 1. The third kappa shape index (κ3) is 3.89. The van der Waals surface area contributed by atoms with Gasteiger partial charge in [-0.3, -0.25) is 20.2 Å². The molecule has 9 heteroatoms. The molecule has 0 unspecified atom stereocenters. The van der Waals surface area contributed by atoms with Crippen molar-refractivity contribution in [1.82, 2.24) is 4.98 Å². The molecule has 0 aliphatic heterocycles. The van der Waals surface area contributed by atoms with Gasteiger partial charge in [-0.1, -0.05) is 28.1 Å².